The van der Waals surface area contributed by atoms with Crippen LogP contribution in [0.3, 0.4) is 0 Å². The molecule has 1 aliphatic rings. The first kappa shape index (κ1) is 8.12. The quantitative estimate of drug-likeness (QED) is 0.514. The Morgan fingerprint density at radius 1 is 0.900 bits per heavy atom. The van der Waals surface area contributed by atoms with Crippen LogP contribution in [0.1, 0.15) is 25.7 Å². The van der Waals surface area contributed by atoms with Gasteiger partial charge in [0.05, 0.1) is 0 Å². The van der Waals surface area contributed by atoms with Crippen LogP contribution in [0.25, 0.3) is 0 Å². The van der Waals surface area contributed by atoms with Crippen molar-refractivity contribution in [3.8, 4) is 0 Å². The van der Waals surface area contributed by atoms with E-state index in [0.29, 0.717) is 13.2 Å². The van der Waals surface area contributed by atoms with Gasteiger partial charge in [0.1, 0.15) is 13.2 Å². The van der Waals surface area contributed by atoms with Crippen molar-refractivity contribution in [2.45, 2.75) is 25.7 Å². The van der Waals surface area contributed by atoms with Crippen molar-refractivity contribution in [1.29, 1.82) is 0 Å². The van der Waals surface area contributed by atoms with Crippen LogP contribution in [-0.4, -0.2) is 13.2 Å². The van der Waals surface area contributed by atoms with Crippen molar-refractivity contribution in [1.82, 2.24) is 0 Å². The lowest BCUT2D eigenvalue weighted by atomic mass is 10.2. The van der Waals surface area contributed by atoms with E-state index in [-0.39, 0.29) is 0 Å². The minimum atomic E-state index is -1.80. The molecule has 1 saturated heterocycles. The number of hydrogen-bond donors (Lipinski definition) is 0. The summed E-state index contributed by atoms with van der Waals surface area (Å²) in [6.07, 6.45) is 4.33. The third-order valence-corrected chi connectivity index (χ3v) is 2.22. The van der Waals surface area contributed by atoms with Crippen molar-refractivity contribution in [3.63, 3.8) is 0 Å². The third kappa shape index (κ3) is 3.25. The van der Waals surface area contributed by atoms with E-state index in [9.17, 15) is 4.57 Å². The van der Waals surface area contributed by atoms with Gasteiger partial charge in [0.2, 0.25) is 0 Å². The van der Waals surface area contributed by atoms with E-state index in [0.717, 1.165) is 25.7 Å². The van der Waals surface area contributed by atoms with Crippen molar-refractivity contribution >= 4 is 8.25 Å². The summed E-state index contributed by atoms with van der Waals surface area (Å²) in [6.45, 7) is 1.16. The molecule has 1 fully saturated rings. The topological polar surface area (TPSA) is 35.5 Å². The molecule has 0 aromatic heterocycles. The Hall–Kier alpha value is 0.0200. The van der Waals surface area contributed by atoms with Crippen LogP contribution in [0.15, 0.2) is 0 Å². The highest BCUT2D eigenvalue weighted by Gasteiger charge is 2.20. The van der Waals surface area contributed by atoms with Gasteiger partial charge in [-0.3, -0.25) is 0 Å². The van der Waals surface area contributed by atoms with E-state index >= 15 is 0 Å². The third-order valence-electron chi connectivity index (χ3n) is 1.43. The Morgan fingerprint density at radius 3 is 1.90 bits per heavy atom. The molecule has 0 spiro atoms. The zero-order valence-corrected chi connectivity index (χ0v) is 6.81. The van der Waals surface area contributed by atoms with Crippen LogP contribution in [0.5, 0.6) is 0 Å². The Kier molecular flexibility index (Phi) is 3.88. The fourth-order valence-electron chi connectivity index (χ4n) is 0.873. The van der Waals surface area contributed by atoms with Gasteiger partial charge in [-0.15, -0.1) is 9.05 Å². The lowest BCUT2D eigenvalue weighted by Gasteiger charge is -1.90. The predicted octanol–water partition coefficient (Wildman–Crippen LogP) is 2.25. The number of rotatable bonds is 0. The fourth-order valence-corrected chi connectivity index (χ4v) is 1.50. The summed E-state index contributed by atoms with van der Waals surface area (Å²) in [7, 11) is -1.80. The molecule has 0 unspecified atom stereocenters. The molecule has 58 valence electrons. The first-order valence-electron chi connectivity index (χ1n) is 3.63. The molecule has 0 amide bonds. The summed E-state index contributed by atoms with van der Waals surface area (Å²) in [4.78, 5) is 0. The van der Waals surface area contributed by atoms with Crippen molar-refractivity contribution in [2.24, 2.45) is 0 Å². The molecule has 0 aromatic rings. The highest BCUT2D eigenvalue weighted by atomic mass is 31.1. The van der Waals surface area contributed by atoms with Crippen LogP contribution in [0, 0.1) is 0 Å². The normalized spacial score (nSPS) is 23.0. The maximum absolute atomic E-state index is 10.7. The van der Waals surface area contributed by atoms with Gasteiger partial charge in [-0.25, -0.2) is 0 Å². The largest absolute Gasteiger partial charge is 0.697 e. The lowest BCUT2D eigenvalue weighted by molar-refractivity contribution is 0.232. The second kappa shape index (κ2) is 4.78. The first-order valence-corrected chi connectivity index (χ1v) is 4.72. The zero-order chi connectivity index (χ0) is 7.23. The molecule has 0 aromatic carbocycles. The van der Waals surface area contributed by atoms with Crippen LogP contribution >= 0.6 is 8.25 Å². The van der Waals surface area contributed by atoms with Gasteiger partial charge in [0.15, 0.2) is 0 Å². The molecule has 1 heterocycles. The smallest absolute Gasteiger partial charge is 0.119 e. The van der Waals surface area contributed by atoms with Crippen molar-refractivity contribution in [3.05, 3.63) is 0 Å². The fraction of sp³-hybridized carbons (Fsp3) is 1.00. The van der Waals surface area contributed by atoms with E-state index < -0.39 is 8.25 Å². The van der Waals surface area contributed by atoms with Gasteiger partial charge in [-0.05, 0) is 12.8 Å². The van der Waals surface area contributed by atoms with Gasteiger partial charge >= 0.3 is 8.25 Å². The second-order valence-electron chi connectivity index (χ2n) is 2.30. The second-order valence-corrected chi connectivity index (χ2v) is 3.27. The van der Waals surface area contributed by atoms with Crippen molar-refractivity contribution < 1.29 is 13.6 Å². The van der Waals surface area contributed by atoms with E-state index in [2.05, 4.69) is 0 Å². The summed E-state index contributed by atoms with van der Waals surface area (Å²) >= 11 is 0. The molecule has 0 saturated carbocycles. The average Bonchev–Trinajstić information content (AvgIpc) is 2.02. The first-order chi connectivity index (χ1) is 4.89. The molecular weight excluding hydrogens is 151 g/mol. The van der Waals surface area contributed by atoms with Crippen LogP contribution < -0.4 is 0 Å². The van der Waals surface area contributed by atoms with E-state index in [1.807, 2.05) is 0 Å². The standard InChI is InChI=1S/C6H12O3P/c7-10-8-5-3-1-2-4-6-9-10/h1-6H2/q+1. The monoisotopic (exact) mass is 163 g/mol. The van der Waals surface area contributed by atoms with Crippen LogP contribution in [0.2, 0.25) is 0 Å². The minimum Gasteiger partial charge on any atom is -0.119 e. The highest BCUT2D eigenvalue weighted by molar-refractivity contribution is 7.33. The number of hydrogen-bond acceptors (Lipinski definition) is 3. The minimum absolute atomic E-state index is 0.579. The molecule has 10 heavy (non-hydrogen) atoms. The molecule has 4 heteroatoms. The van der Waals surface area contributed by atoms with Gasteiger partial charge < -0.3 is 0 Å². The molecule has 0 bridgehead atoms. The Bertz CT molecular complexity index is 104. The molecule has 0 atom stereocenters. The molecule has 1 aliphatic heterocycles. The van der Waals surface area contributed by atoms with Gasteiger partial charge in [0.25, 0.3) is 0 Å². The molecule has 3 nitrogen and oxygen atoms in total. The van der Waals surface area contributed by atoms with Gasteiger partial charge in [-0.2, -0.15) is 0 Å². The van der Waals surface area contributed by atoms with E-state index in [4.69, 9.17) is 9.05 Å². The lowest BCUT2D eigenvalue weighted by Crippen LogP contribution is -1.85. The highest BCUT2D eigenvalue weighted by Crippen LogP contribution is 2.25. The summed E-state index contributed by atoms with van der Waals surface area (Å²) in [5.74, 6) is 0. The van der Waals surface area contributed by atoms with Crippen LogP contribution in [-0.2, 0) is 13.6 Å². The SMILES string of the molecule is O=[P+]1OCCCCCCO1. The Labute approximate surface area is 61.7 Å². The zero-order valence-electron chi connectivity index (χ0n) is 5.91. The summed E-state index contributed by atoms with van der Waals surface area (Å²) in [5.41, 5.74) is 0. The molecular formula is C6H12O3P+. The maximum Gasteiger partial charge on any atom is 0.697 e. The molecule has 0 aliphatic carbocycles. The Morgan fingerprint density at radius 2 is 1.40 bits per heavy atom. The van der Waals surface area contributed by atoms with Crippen molar-refractivity contribution in [2.75, 3.05) is 13.2 Å². The molecule has 0 radical (unpaired) electrons. The van der Waals surface area contributed by atoms with E-state index in [1.54, 1.807) is 0 Å². The summed E-state index contributed by atoms with van der Waals surface area (Å²) in [6, 6.07) is 0. The van der Waals surface area contributed by atoms with Gasteiger partial charge in [0, 0.05) is 4.57 Å². The predicted molar refractivity (Wildman–Crippen MR) is 38.0 cm³/mol. The summed E-state index contributed by atoms with van der Waals surface area (Å²) in [5, 5.41) is 0. The van der Waals surface area contributed by atoms with Gasteiger partial charge in [-0.1, -0.05) is 12.8 Å². The molecule has 0 N–H and O–H groups in total. The van der Waals surface area contributed by atoms with E-state index in [1.165, 1.54) is 0 Å². The average molecular weight is 163 g/mol. The summed E-state index contributed by atoms with van der Waals surface area (Å²) < 4.78 is 20.4. The van der Waals surface area contributed by atoms with Crippen LogP contribution in [0.4, 0.5) is 0 Å². The Balaban J connectivity index is 2.21. The maximum atomic E-state index is 10.7. The molecule has 1 rings (SSSR count).